The topological polar surface area (TPSA) is 52.3 Å². The zero-order chi connectivity index (χ0) is 11.1. The van der Waals surface area contributed by atoms with Crippen LogP contribution in [0.1, 0.15) is 32.1 Å². The van der Waals surface area contributed by atoms with E-state index in [0.717, 1.165) is 19.3 Å². The van der Waals surface area contributed by atoms with E-state index in [1.165, 1.54) is 0 Å². The molecule has 3 nitrogen and oxygen atoms in total. The number of hydrogen-bond acceptors (Lipinski definition) is 3. The van der Waals surface area contributed by atoms with Gasteiger partial charge in [0.05, 0.1) is 0 Å². The molecule has 1 aliphatic rings. The maximum absolute atomic E-state index is 12.0. The van der Waals surface area contributed by atoms with Gasteiger partial charge in [-0.2, -0.15) is 0 Å². The molecule has 0 radical (unpaired) electrons. The van der Waals surface area contributed by atoms with Gasteiger partial charge in [0.1, 0.15) is 5.78 Å². The molecular weight excluding hydrogens is 190 g/mol. The molecular formula is C12H19NO2. The number of Topliss-reactive ketones (excluding diaryl/α,β-unsaturated/α-hetero) is 1. The summed E-state index contributed by atoms with van der Waals surface area (Å²) in [6.45, 7) is 1.74. The molecule has 0 unspecified atom stereocenters. The van der Waals surface area contributed by atoms with E-state index in [4.69, 9.17) is 16.9 Å². The van der Waals surface area contributed by atoms with Gasteiger partial charge in [0, 0.05) is 38.0 Å². The Balaban J connectivity index is 2.49. The lowest BCUT2D eigenvalue weighted by Gasteiger charge is -2.34. The van der Waals surface area contributed by atoms with Crippen molar-refractivity contribution in [2.24, 2.45) is 11.1 Å². The predicted molar refractivity (Wildman–Crippen MR) is 59.2 cm³/mol. The van der Waals surface area contributed by atoms with Crippen LogP contribution in [0.3, 0.4) is 0 Å². The Hall–Kier alpha value is -0.850. The van der Waals surface area contributed by atoms with Gasteiger partial charge in [0.2, 0.25) is 0 Å². The van der Waals surface area contributed by atoms with Crippen LogP contribution in [0.2, 0.25) is 0 Å². The molecule has 1 heterocycles. The van der Waals surface area contributed by atoms with Crippen LogP contribution >= 0.6 is 0 Å². The Morgan fingerprint density at radius 3 is 2.67 bits per heavy atom. The lowest BCUT2D eigenvalue weighted by Crippen LogP contribution is -2.43. The second-order valence-corrected chi connectivity index (χ2v) is 4.08. The van der Waals surface area contributed by atoms with E-state index in [9.17, 15) is 4.79 Å². The number of ketones is 1. The molecule has 0 amide bonds. The quantitative estimate of drug-likeness (QED) is 0.545. The summed E-state index contributed by atoms with van der Waals surface area (Å²) in [5.74, 6) is 2.82. The first-order valence-electron chi connectivity index (χ1n) is 5.50. The summed E-state index contributed by atoms with van der Waals surface area (Å²) in [5.41, 5.74) is 5.40. The molecule has 1 aliphatic heterocycles. The molecule has 2 N–H and O–H groups in total. The van der Waals surface area contributed by atoms with Gasteiger partial charge in [-0.1, -0.05) is 0 Å². The molecule has 0 aromatic heterocycles. The number of ether oxygens (including phenoxy) is 1. The fraction of sp³-hybridized carbons (Fsp3) is 0.750. The van der Waals surface area contributed by atoms with Crippen molar-refractivity contribution in [3.05, 3.63) is 0 Å². The van der Waals surface area contributed by atoms with E-state index in [1.807, 2.05) is 0 Å². The first kappa shape index (κ1) is 12.2. The molecule has 0 spiro atoms. The van der Waals surface area contributed by atoms with E-state index in [2.05, 4.69) is 5.92 Å². The second-order valence-electron chi connectivity index (χ2n) is 4.08. The van der Waals surface area contributed by atoms with Gasteiger partial charge in [-0.25, -0.2) is 0 Å². The highest BCUT2D eigenvalue weighted by Crippen LogP contribution is 2.32. The third-order valence-corrected chi connectivity index (χ3v) is 3.16. The number of nitrogens with two attached hydrogens (primary N) is 1. The molecule has 15 heavy (non-hydrogen) atoms. The molecule has 0 aromatic carbocycles. The number of unbranched alkanes of at least 4 members (excludes halogenated alkanes) is 1. The van der Waals surface area contributed by atoms with Gasteiger partial charge >= 0.3 is 0 Å². The zero-order valence-corrected chi connectivity index (χ0v) is 9.13. The van der Waals surface area contributed by atoms with Crippen LogP contribution in [-0.4, -0.2) is 25.5 Å². The Morgan fingerprint density at radius 1 is 1.47 bits per heavy atom. The minimum absolute atomic E-state index is 0.267. The number of carbonyl (C=O) groups excluding carboxylic acids is 1. The normalized spacial score (nSPS) is 19.5. The molecule has 3 heteroatoms. The van der Waals surface area contributed by atoms with Crippen molar-refractivity contribution in [3.8, 4) is 12.3 Å². The molecule has 0 saturated carbocycles. The smallest absolute Gasteiger partial charge is 0.140 e. The summed E-state index contributed by atoms with van der Waals surface area (Å²) in [7, 11) is 0. The first-order chi connectivity index (χ1) is 7.25. The van der Waals surface area contributed by atoms with Crippen molar-refractivity contribution in [1.29, 1.82) is 0 Å². The van der Waals surface area contributed by atoms with Gasteiger partial charge in [-0.3, -0.25) is 4.79 Å². The Labute approximate surface area is 91.4 Å². The van der Waals surface area contributed by atoms with Crippen molar-refractivity contribution in [2.45, 2.75) is 32.1 Å². The maximum atomic E-state index is 12.0. The van der Waals surface area contributed by atoms with Crippen LogP contribution in [0, 0.1) is 17.8 Å². The first-order valence-corrected chi connectivity index (χ1v) is 5.50. The highest BCUT2D eigenvalue weighted by atomic mass is 16.5. The summed E-state index contributed by atoms with van der Waals surface area (Å²) in [6.07, 6.45) is 8.68. The molecule has 1 rings (SSSR count). The van der Waals surface area contributed by atoms with Gasteiger partial charge in [0.15, 0.2) is 0 Å². The van der Waals surface area contributed by atoms with Crippen LogP contribution in [0.4, 0.5) is 0 Å². The Bertz CT molecular complexity index is 249. The monoisotopic (exact) mass is 209 g/mol. The lowest BCUT2D eigenvalue weighted by molar-refractivity contribution is -0.133. The second kappa shape index (κ2) is 5.89. The average molecular weight is 209 g/mol. The molecule has 84 valence electrons. The SMILES string of the molecule is C#CCCCC(=O)C1(CN)CCOCC1. The average Bonchev–Trinajstić information content (AvgIpc) is 2.30. The summed E-state index contributed by atoms with van der Waals surface area (Å²) in [6, 6.07) is 0. The Kier molecular flexibility index (Phi) is 4.80. The fourth-order valence-electron chi connectivity index (χ4n) is 1.98. The minimum Gasteiger partial charge on any atom is -0.381 e. The van der Waals surface area contributed by atoms with E-state index in [1.54, 1.807) is 0 Å². The van der Waals surface area contributed by atoms with Gasteiger partial charge in [-0.15, -0.1) is 12.3 Å². The van der Waals surface area contributed by atoms with Crippen LogP contribution in [0.25, 0.3) is 0 Å². The Morgan fingerprint density at radius 2 is 2.13 bits per heavy atom. The van der Waals surface area contributed by atoms with Gasteiger partial charge < -0.3 is 10.5 Å². The maximum Gasteiger partial charge on any atom is 0.140 e. The lowest BCUT2D eigenvalue weighted by atomic mass is 9.75. The van der Waals surface area contributed by atoms with Crippen molar-refractivity contribution in [2.75, 3.05) is 19.8 Å². The predicted octanol–water partition coefficient (Wildman–Crippen LogP) is 1.11. The van der Waals surface area contributed by atoms with Crippen LogP contribution < -0.4 is 5.73 Å². The molecule has 0 aliphatic carbocycles. The highest BCUT2D eigenvalue weighted by molar-refractivity contribution is 5.85. The van der Waals surface area contributed by atoms with Crippen molar-refractivity contribution >= 4 is 5.78 Å². The van der Waals surface area contributed by atoms with E-state index < -0.39 is 0 Å². The number of carbonyl (C=O) groups is 1. The molecule has 0 aromatic rings. The van der Waals surface area contributed by atoms with Crippen LogP contribution in [-0.2, 0) is 9.53 Å². The van der Waals surface area contributed by atoms with E-state index in [-0.39, 0.29) is 11.2 Å². The summed E-state index contributed by atoms with van der Waals surface area (Å²) >= 11 is 0. The summed E-state index contributed by atoms with van der Waals surface area (Å²) in [4.78, 5) is 12.0. The summed E-state index contributed by atoms with van der Waals surface area (Å²) in [5, 5.41) is 0. The largest absolute Gasteiger partial charge is 0.381 e. The fourth-order valence-corrected chi connectivity index (χ4v) is 1.98. The molecule has 0 atom stereocenters. The number of terminal acetylenes is 1. The summed E-state index contributed by atoms with van der Waals surface area (Å²) < 4.78 is 5.26. The molecule has 1 saturated heterocycles. The van der Waals surface area contributed by atoms with E-state index in [0.29, 0.717) is 32.6 Å². The van der Waals surface area contributed by atoms with E-state index >= 15 is 0 Å². The van der Waals surface area contributed by atoms with Gasteiger partial charge in [0.25, 0.3) is 0 Å². The third-order valence-electron chi connectivity index (χ3n) is 3.16. The number of hydrogen-bond donors (Lipinski definition) is 1. The number of rotatable bonds is 5. The van der Waals surface area contributed by atoms with Gasteiger partial charge in [-0.05, 0) is 19.3 Å². The highest BCUT2D eigenvalue weighted by Gasteiger charge is 2.37. The van der Waals surface area contributed by atoms with Crippen molar-refractivity contribution < 1.29 is 9.53 Å². The van der Waals surface area contributed by atoms with Crippen LogP contribution in [0.15, 0.2) is 0 Å². The third kappa shape index (κ3) is 3.05. The molecule has 1 fully saturated rings. The minimum atomic E-state index is -0.327. The zero-order valence-electron chi connectivity index (χ0n) is 9.13. The molecule has 0 bridgehead atoms. The van der Waals surface area contributed by atoms with Crippen LogP contribution in [0.5, 0.6) is 0 Å². The standard InChI is InChI=1S/C12H19NO2/c1-2-3-4-5-11(14)12(10-13)6-8-15-9-7-12/h1H,3-10,13H2. The van der Waals surface area contributed by atoms with Crippen molar-refractivity contribution in [1.82, 2.24) is 0 Å². The van der Waals surface area contributed by atoms with Crippen molar-refractivity contribution in [3.63, 3.8) is 0 Å².